The summed E-state index contributed by atoms with van der Waals surface area (Å²) in [6.07, 6.45) is 6.18. The molecule has 5 fully saturated rings. The fourth-order valence-electron chi connectivity index (χ4n) is 8.03. The number of hydrogen-bond donors (Lipinski definition) is 2. The van der Waals surface area contributed by atoms with Crippen LogP contribution >= 0.6 is 11.6 Å². The van der Waals surface area contributed by atoms with Crippen molar-refractivity contribution in [2.45, 2.75) is 75.2 Å². The molecule has 3 aromatic rings. The number of piperazine rings is 1. The molecule has 2 N–H and O–H groups in total. The van der Waals surface area contributed by atoms with E-state index in [-0.39, 0.29) is 41.0 Å². The summed E-state index contributed by atoms with van der Waals surface area (Å²) < 4.78 is 37.3. The van der Waals surface area contributed by atoms with Crippen LogP contribution in [0.25, 0.3) is 22.2 Å². The molecule has 1 aliphatic carbocycles. The maximum atomic E-state index is 16.7. The van der Waals surface area contributed by atoms with Gasteiger partial charge in [-0.05, 0) is 68.2 Å². The van der Waals surface area contributed by atoms with E-state index in [0.29, 0.717) is 52.8 Å². The molecule has 8 nitrogen and oxygen atoms in total. The Morgan fingerprint density at radius 2 is 1.98 bits per heavy atom. The second kappa shape index (κ2) is 9.86. The molecule has 0 radical (unpaired) electrons. The van der Waals surface area contributed by atoms with Crippen molar-refractivity contribution in [3.63, 3.8) is 0 Å². The van der Waals surface area contributed by atoms with E-state index in [9.17, 15) is 9.50 Å². The topological polar surface area (TPSA) is 86.6 Å². The lowest BCUT2D eigenvalue weighted by atomic mass is 9.95. The Labute approximate surface area is 248 Å². The largest absolute Gasteiger partial charge is 0.508 e. The number of rotatable bonds is 6. The average Bonchev–Trinajstić information content (AvgIpc) is 3.22. The molecule has 2 aromatic heterocycles. The van der Waals surface area contributed by atoms with Gasteiger partial charge in [-0.3, -0.25) is 9.88 Å². The van der Waals surface area contributed by atoms with Crippen LogP contribution in [0.2, 0.25) is 5.02 Å². The van der Waals surface area contributed by atoms with Gasteiger partial charge in [0.1, 0.15) is 35.6 Å². The normalized spacial score (nSPS) is 32.1. The Morgan fingerprint density at radius 3 is 2.74 bits per heavy atom. The lowest BCUT2D eigenvalue weighted by Gasteiger charge is -2.34. The molecule has 6 atom stereocenters. The van der Waals surface area contributed by atoms with E-state index in [1.54, 1.807) is 12.3 Å². The van der Waals surface area contributed by atoms with Gasteiger partial charge in [0.25, 0.3) is 0 Å². The molecule has 1 aromatic carbocycles. The maximum absolute atomic E-state index is 16.7. The number of aromatic nitrogens is 3. The summed E-state index contributed by atoms with van der Waals surface area (Å²) in [5.74, 6) is 0.564. The Bertz CT molecular complexity index is 1560. The van der Waals surface area contributed by atoms with E-state index in [2.05, 4.69) is 32.0 Å². The summed E-state index contributed by atoms with van der Waals surface area (Å²) in [6, 6.07) is 3.83. The minimum atomic E-state index is -0.873. The van der Waals surface area contributed by atoms with Crippen molar-refractivity contribution >= 4 is 28.3 Å². The molecule has 0 amide bonds. The Kier molecular flexibility index (Phi) is 6.28. The summed E-state index contributed by atoms with van der Waals surface area (Å²) in [5.41, 5.74) is 1.14. The van der Waals surface area contributed by atoms with Gasteiger partial charge in [-0.15, -0.1) is 0 Å². The van der Waals surface area contributed by atoms with Crippen molar-refractivity contribution in [1.82, 2.24) is 25.2 Å². The first-order valence-corrected chi connectivity index (χ1v) is 15.6. The number of phenolic OH excluding ortho intramolecular Hbond substituents is 1. The molecule has 2 unspecified atom stereocenters. The minimum Gasteiger partial charge on any atom is -0.508 e. The lowest BCUT2D eigenvalue weighted by molar-refractivity contribution is 0.107. The zero-order valence-corrected chi connectivity index (χ0v) is 24.4. The molecule has 11 heteroatoms. The van der Waals surface area contributed by atoms with Crippen LogP contribution < -0.4 is 15.0 Å². The summed E-state index contributed by atoms with van der Waals surface area (Å²) in [7, 11) is 0. The zero-order valence-electron chi connectivity index (χ0n) is 23.6. The number of phenols is 1. The summed E-state index contributed by atoms with van der Waals surface area (Å²) in [4.78, 5) is 18.4. The highest BCUT2D eigenvalue weighted by atomic mass is 35.5. The number of alkyl halides is 1. The van der Waals surface area contributed by atoms with Crippen LogP contribution in [0, 0.1) is 11.7 Å². The molecule has 2 bridgehead atoms. The molecule has 1 saturated carbocycles. The summed E-state index contributed by atoms with van der Waals surface area (Å²) in [6.45, 7) is 5.17. The zero-order chi connectivity index (χ0) is 28.7. The van der Waals surface area contributed by atoms with E-state index < -0.39 is 12.0 Å². The van der Waals surface area contributed by atoms with Crippen molar-refractivity contribution in [3.05, 3.63) is 34.7 Å². The first kappa shape index (κ1) is 26.8. The Hall–Kier alpha value is -2.82. The summed E-state index contributed by atoms with van der Waals surface area (Å²) >= 11 is 6.60. The average molecular weight is 597 g/mol. The predicted molar refractivity (Wildman–Crippen MR) is 157 cm³/mol. The van der Waals surface area contributed by atoms with Crippen LogP contribution in [0.3, 0.4) is 0 Å². The van der Waals surface area contributed by atoms with E-state index in [0.717, 1.165) is 57.3 Å². The fourth-order valence-corrected chi connectivity index (χ4v) is 8.39. The van der Waals surface area contributed by atoms with Crippen molar-refractivity contribution in [2.24, 2.45) is 5.92 Å². The number of aromatic hydroxyl groups is 1. The number of halogens is 3. The molecule has 5 aliphatic rings. The molecule has 222 valence electrons. The monoisotopic (exact) mass is 596 g/mol. The lowest BCUT2D eigenvalue weighted by Crippen LogP contribution is -2.51. The summed E-state index contributed by atoms with van der Waals surface area (Å²) in [5, 5.41) is 15.0. The smallest absolute Gasteiger partial charge is 0.319 e. The fraction of sp³-hybridized carbons (Fsp3) is 0.581. The van der Waals surface area contributed by atoms with Gasteiger partial charge in [-0.2, -0.15) is 9.97 Å². The van der Waals surface area contributed by atoms with Crippen molar-refractivity contribution < 1.29 is 18.6 Å². The number of nitrogens with zero attached hydrogens (tertiary/aromatic N) is 5. The van der Waals surface area contributed by atoms with E-state index in [1.165, 1.54) is 6.07 Å². The molecule has 4 aliphatic heterocycles. The van der Waals surface area contributed by atoms with Gasteiger partial charge >= 0.3 is 6.01 Å². The van der Waals surface area contributed by atoms with Crippen LogP contribution in [0.5, 0.6) is 11.8 Å². The second-order valence-corrected chi connectivity index (χ2v) is 13.5. The quantitative estimate of drug-likeness (QED) is 0.401. The first-order valence-electron chi connectivity index (χ1n) is 15.2. The molecule has 6 heterocycles. The third-order valence-electron chi connectivity index (χ3n) is 10.2. The van der Waals surface area contributed by atoms with Gasteiger partial charge in [0.05, 0.1) is 10.9 Å². The van der Waals surface area contributed by atoms with Crippen molar-refractivity contribution in [1.29, 1.82) is 0 Å². The Morgan fingerprint density at radius 1 is 1.19 bits per heavy atom. The van der Waals surface area contributed by atoms with Gasteiger partial charge in [0.2, 0.25) is 0 Å². The molecule has 0 spiro atoms. The van der Waals surface area contributed by atoms with Gasteiger partial charge < -0.3 is 20.1 Å². The second-order valence-electron chi connectivity index (χ2n) is 13.1. The van der Waals surface area contributed by atoms with E-state index in [1.807, 2.05) is 0 Å². The van der Waals surface area contributed by atoms with E-state index >= 15 is 4.39 Å². The molecule has 8 rings (SSSR count). The number of fused-ring (bicyclic) bond motifs is 4. The molecular weight excluding hydrogens is 562 g/mol. The third kappa shape index (κ3) is 4.40. The number of nitrogens with one attached hydrogen (secondary N) is 1. The third-order valence-corrected chi connectivity index (χ3v) is 10.6. The number of hydrogen-bond acceptors (Lipinski definition) is 8. The number of benzene rings is 1. The van der Waals surface area contributed by atoms with Crippen LogP contribution in [0.4, 0.5) is 14.6 Å². The van der Waals surface area contributed by atoms with Crippen LogP contribution in [-0.4, -0.2) is 81.5 Å². The highest BCUT2D eigenvalue weighted by Crippen LogP contribution is 2.53. The highest BCUT2D eigenvalue weighted by Gasteiger charge is 2.49. The van der Waals surface area contributed by atoms with Gasteiger partial charge in [-0.25, -0.2) is 8.78 Å². The van der Waals surface area contributed by atoms with Gasteiger partial charge in [-0.1, -0.05) is 18.5 Å². The minimum absolute atomic E-state index is 0.0415. The molecular formula is C31H35ClF2N6O2. The highest BCUT2D eigenvalue weighted by molar-refractivity contribution is 6.32. The molecule has 4 saturated heterocycles. The number of pyridine rings is 1. The predicted octanol–water partition coefficient (Wildman–Crippen LogP) is 5.21. The first-order chi connectivity index (χ1) is 20.3. The Balaban J connectivity index is 1.23. The van der Waals surface area contributed by atoms with Crippen LogP contribution in [0.1, 0.15) is 56.9 Å². The number of anilines is 1. The SMILES string of the molecule is C[C@H]1C[C@@H]1c1c(Cl)cc(O)cc1-c1ncc2c(N3CC4CCC(C3)N4)nc(OC[C@@]34CCCN3C[C@H](F)C4)nc2c1F. The van der Waals surface area contributed by atoms with Gasteiger partial charge in [0.15, 0.2) is 5.82 Å². The van der Waals surface area contributed by atoms with Crippen molar-refractivity contribution in [3.8, 4) is 23.0 Å². The number of ether oxygens (including phenoxy) is 1. The maximum Gasteiger partial charge on any atom is 0.319 e. The standard InChI is InChI=1S/C31H35ClF2N6O2/c1-16-7-21(16)25-22(8-20(41)9-24(25)32)27-26(34)28-23(11-35-27)29(39-13-18-3-4-19(14-39)36-18)38-30(37-28)42-15-31-5-2-6-40(31)12-17(33)10-31/h8-9,11,16-19,21,36,41H,2-7,10,12-15H2,1H3/t16-,17+,18?,19?,21-,31-/m0/s1. The van der Waals surface area contributed by atoms with Gasteiger partial charge in [0, 0.05) is 54.9 Å². The van der Waals surface area contributed by atoms with Crippen LogP contribution in [-0.2, 0) is 0 Å². The van der Waals surface area contributed by atoms with Crippen LogP contribution in [0.15, 0.2) is 18.3 Å². The van der Waals surface area contributed by atoms with E-state index in [4.69, 9.17) is 21.3 Å². The van der Waals surface area contributed by atoms with Crippen molar-refractivity contribution in [2.75, 3.05) is 37.7 Å². The molecule has 42 heavy (non-hydrogen) atoms.